The number of nitrogens with one attached hydrogen (secondary N) is 1. The number of amides is 1. The van der Waals surface area contributed by atoms with E-state index in [1.165, 1.54) is 14.0 Å². The Labute approximate surface area is 98.1 Å². The van der Waals surface area contributed by atoms with E-state index in [1.807, 2.05) is 0 Å². The average molecular weight is 242 g/mol. The van der Waals surface area contributed by atoms with Crippen LogP contribution >= 0.6 is 0 Å². The van der Waals surface area contributed by atoms with Gasteiger partial charge in [0, 0.05) is 6.07 Å². The van der Waals surface area contributed by atoms with Gasteiger partial charge in [0.1, 0.15) is 11.8 Å². The number of hydrogen-bond acceptors (Lipinski definition) is 6. The number of esters is 1. The second-order valence-electron chi connectivity index (χ2n) is 3.38. The highest BCUT2D eigenvalue weighted by Gasteiger charge is 2.16. The Hall–Kier alpha value is -2.05. The maximum absolute atomic E-state index is 11.4. The van der Waals surface area contributed by atoms with Gasteiger partial charge in [0.15, 0.2) is 6.61 Å². The van der Waals surface area contributed by atoms with Crippen molar-refractivity contribution in [3.63, 3.8) is 0 Å². The van der Waals surface area contributed by atoms with Crippen molar-refractivity contribution in [2.24, 2.45) is 0 Å². The molecule has 7 nitrogen and oxygen atoms in total. The molecule has 1 rings (SSSR count). The first-order valence-corrected chi connectivity index (χ1v) is 4.96. The van der Waals surface area contributed by atoms with Crippen molar-refractivity contribution in [1.82, 2.24) is 10.5 Å². The molecule has 1 aromatic heterocycles. The number of aryl methyl sites for hydroxylation is 1. The SMILES string of the molecule is COC(=O)C(C)NC(=O)COc1cc(C)on1. The van der Waals surface area contributed by atoms with E-state index in [-0.39, 0.29) is 12.5 Å². The number of rotatable bonds is 5. The van der Waals surface area contributed by atoms with E-state index in [0.29, 0.717) is 5.76 Å². The van der Waals surface area contributed by atoms with Gasteiger partial charge in [-0.2, -0.15) is 0 Å². The van der Waals surface area contributed by atoms with Crippen LogP contribution in [0.3, 0.4) is 0 Å². The molecule has 17 heavy (non-hydrogen) atoms. The Morgan fingerprint density at radius 3 is 2.82 bits per heavy atom. The van der Waals surface area contributed by atoms with E-state index in [0.717, 1.165) is 0 Å². The second kappa shape index (κ2) is 5.88. The lowest BCUT2D eigenvalue weighted by atomic mass is 10.3. The largest absolute Gasteiger partial charge is 0.467 e. The van der Waals surface area contributed by atoms with Gasteiger partial charge in [0.25, 0.3) is 11.8 Å². The Bertz CT molecular complexity index is 401. The van der Waals surface area contributed by atoms with E-state index in [1.54, 1.807) is 13.0 Å². The molecular weight excluding hydrogens is 228 g/mol. The minimum Gasteiger partial charge on any atom is -0.467 e. The van der Waals surface area contributed by atoms with E-state index in [4.69, 9.17) is 9.26 Å². The lowest BCUT2D eigenvalue weighted by molar-refractivity contribution is -0.144. The highest BCUT2D eigenvalue weighted by Crippen LogP contribution is 2.09. The van der Waals surface area contributed by atoms with E-state index in [2.05, 4.69) is 15.2 Å². The molecular formula is C10H14N2O5. The van der Waals surface area contributed by atoms with Crippen molar-refractivity contribution in [3.05, 3.63) is 11.8 Å². The molecule has 0 fully saturated rings. The molecule has 0 saturated heterocycles. The minimum atomic E-state index is -0.713. The summed E-state index contributed by atoms with van der Waals surface area (Å²) in [6.45, 7) is 2.98. The monoisotopic (exact) mass is 242 g/mol. The van der Waals surface area contributed by atoms with Crippen LogP contribution in [0, 0.1) is 6.92 Å². The summed E-state index contributed by atoms with van der Waals surface area (Å²) in [6, 6.07) is 0.840. The standard InChI is InChI=1S/C10H14N2O5/c1-6-4-9(12-17-6)16-5-8(13)11-7(2)10(14)15-3/h4,7H,5H2,1-3H3,(H,11,13). The molecule has 0 radical (unpaired) electrons. The molecule has 94 valence electrons. The molecule has 0 aliphatic rings. The fourth-order valence-electron chi connectivity index (χ4n) is 1.07. The van der Waals surface area contributed by atoms with Crippen LogP contribution in [0.5, 0.6) is 5.88 Å². The summed E-state index contributed by atoms with van der Waals surface area (Å²) in [7, 11) is 1.25. The zero-order valence-electron chi connectivity index (χ0n) is 9.85. The van der Waals surface area contributed by atoms with Gasteiger partial charge in [-0.25, -0.2) is 4.79 Å². The topological polar surface area (TPSA) is 90.7 Å². The maximum Gasteiger partial charge on any atom is 0.328 e. The Kier molecular flexibility index (Phi) is 4.50. The maximum atomic E-state index is 11.4. The molecule has 0 aliphatic carbocycles. The fraction of sp³-hybridized carbons (Fsp3) is 0.500. The molecule has 0 aliphatic heterocycles. The van der Waals surface area contributed by atoms with Gasteiger partial charge in [0.05, 0.1) is 7.11 Å². The highest BCUT2D eigenvalue weighted by molar-refractivity contribution is 5.84. The summed E-state index contributed by atoms with van der Waals surface area (Å²) < 4.78 is 14.2. The van der Waals surface area contributed by atoms with Crippen LogP contribution in [-0.2, 0) is 14.3 Å². The molecule has 0 bridgehead atoms. The molecule has 1 atom stereocenters. The third kappa shape index (κ3) is 4.13. The van der Waals surface area contributed by atoms with Crippen molar-refractivity contribution in [1.29, 1.82) is 0 Å². The van der Waals surface area contributed by atoms with Crippen molar-refractivity contribution in [3.8, 4) is 5.88 Å². The normalized spacial score (nSPS) is 11.7. The van der Waals surface area contributed by atoms with Crippen LogP contribution in [0.15, 0.2) is 10.6 Å². The minimum absolute atomic E-state index is 0.225. The zero-order chi connectivity index (χ0) is 12.8. The Morgan fingerprint density at radius 1 is 1.59 bits per heavy atom. The molecule has 0 aromatic carbocycles. The molecule has 1 unspecified atom stereocenters. The quantitative estimate of drug-likeness (QED) is 0.733. The number of methoxy groups -OCH3 is 1. The second-order valence-corrected chi connectivity index (χ2v) is 3.38. The lowest BCUT2D eigenvalue weighted by Crippen LogP contribution is -2.41. The van der Waals surface area contributed by atoms with Gasteiger partial charge in [-0.05, 0) is 19.0 Å². The van der Waals surface area contributed by atoms with E-state index >= 15 is 0 Å². The van der Waals surface area contributed by atoms with Gasteiger partial charge in [-0.1, -0.05) is 0 Å². The van der Waals surface area contributed by atoms with Crippen LogP contribution in [-0.4, -0.2) is 36.8 Å². The number of carbonyl (C=O) groups is 2. The van der Waals surface area contributed by atoms with Gasteiger partial charge < -0.3 is 19.3 Å². The van der Waals surface area contributed by atoms with E-state index < -0.39 is 17.9 Å². The Morgan fingerprint density at radius 2 is 2.29 bits per heavy atom. The fourth-order valence-corrected chi connectivity index (χ4v) is 1.07. The van der Waals surface area contributed by atoms with Crippen LogP contribution < -0.4 is 10.1 Å². The molecule has 1 aromatic rings. The molecule has 7 heteroatoms. The zero-order valence-corrected chi connectivity index (χ0v) is 9.85. The van der Waals surface area contributed by atoms with Gasteiger partial charge >= 0.3 is 5.97 Å². The molecule has 1 amide bonds. The molecule has 0 spiro atoms. The summed E-state index contributed by atoms with van der Waals surface area (Å²) in [6.07, 6.45) is 0. The lowest BCUT2D eigenvalue weighted by Gasteiger charge is -2.10. The smallest absolute Gasteiger partial charge is 0.328 e. The summed E-state index contributed by atoms with van der Waals surface area (Å²) in [5.41, 5.74) is 0. The predicted molar refractivity (Wildman–Crippen MR) is 56.4 cm³/mol. The molecule has 0 saturated carbocycles. The number of hydrogen-bond donors (Lipinski definition) is 1. The van der Waals surface area contributed by atoms with Gasteiger partial charge in [0.2, 0.25) is 0 Å². The van der Waals surface area contributed by atoms with Crippen LogP contribution in [0.4, 0.5) is 0 Å². The predicted octanol–water partition coefficient (Wildman–Crippen LogP) is 0.0395. The van der Waals surface area contributed by atoms with Crippen molar-refractivity contribution in [2.45, 2.75) is 19.9 Å². The Balaban J connectivity index is 2.33. The summed E-state index contributed by atoms with van der Waals surface area (Å²) >= 11 is 0. The van der Waals surface area contributed by atoms with E-state index in [9.17, 15) is 9.59 Å². The summed E-state index contributed by atoms with van der Waals surface area (Å²) in [5.74, 6) is -0.147. The van der Waals surface area contributed by atoms with Crippen LogP contribution in [0.25, 0.3) is 0 Å². The van der Waals surface area contributed by atoms with Crippen LogP contribution in [0.1, 0.15) is 12.7 Å². The number of aromatic nitrogens is 1. The third-order valence-corrected chi connectivity index (χ3v) is 1.89. The highest BCUT2D eigenvalue weighted by atomic mass is 16.5. The van der Waals surface area contributed by atoms with Crippen molar-refractivity contribution in [2.75, 3.05) is 13.7 Å². The third-order valence-electron chi connectivity index (χ3n) is 1.89. The van der Waals surface area contributed by atoms with Crippen molar-refractivity contribution >= 4 is 11.9 Å². The number of ether oxygens (including phenoxy) is 2. The molecule has 1 N–H and O–H groups in total. The van der Waals surface area contributed by atoms with Gasteiger partial charge in [-0.3, -0.25) is 4.79 Å². The van der Waals surface area contributed by atoms with Crippen LogP contribution in [0.2, 0.25) is 0 Å². The molecule has 1 heterocycles. The number of nitrogens with zero attached hydrogens (tertiary/aromatic N) is 1. The van der Waals surface area contributed by atoms with Gasteiger partial charge in [-0.15, -0.1) is 0 Å². The first-order valence-electron chi connectivity index (χ1n) is 4.96. The first-order chi connectivity index (χ1) is 8.02. The average Bonchev–Trinajstić information content (AvgIpc) is 2.71. The summed E-state index contributed by atoms with van der Waals surface area (Å²) in [5, 5.41) is 5.96. The summed E-state index contributed by atoms with van der Waals surface area (Å²) in [4.78, 5) is 22.4. The number of carbonyl (C=O) groups excluding carboxylic acids is 2. The van der Waals surface area contributed by atoms with Crippen molar-refractivity contribution < 1.29 is 23.6 Å². The first kappa shape index (κ1) is 13.0.